The summed E-state index contributed by atoms with van der Waals surface area (Å²) in [5, 5.41) is 9.46. The second kappa shape index (κ2) is 4.27. The van der Waals surface area contributed by atoms with Crippen molar-refractivity contribution in [2.45, 2.75) is 13.8 Å². The summed E-state index contributed by atoms with van der Waals surface area (Å²) in [4.78, 5) is 0. The van der Waals surface area contributed by atoms with Gasteiger partial charge in [0, 0.05) is 6.07 Å². The minimum atomic E-state index is 0.226. The van der Waals surface area contributed by atoms with Gasteiger partial charge in [-0.25, -0.2) is 0 Å². The molecule has 1 N–H and O–H groups in total. The first kappa shape index (κ1) is 10.6. The third kappa shape index (κ3) is 2.34. The largest absolute Gasteiger partial charge is 0.508 e. The highest BCUT2D eigenvalue weighted by Gasteiger charge is 2.02. The van der Waals surface area contributed by atoms with Crippen molar-refractivity contribution in [3.8, 4) is 17.2 Å². The van der Waals surface area contributed by atoms with Crippen LogP contribution < -0.4 is 4.74 Å². The van der Waals surface area contributed by atoms with Crippen LogP contribution >= 0.6 is 0 Å². The molecule has 2 aromatic rings. The maximum Gasteiger partial charge on any atom is 0.131 e. The molecule has 2 heteroatoms. The van der Waals surface area contributed by atoms with Gasteiger partial charge in [0.2, 0.25) is 0 Å². The van der Waals surface area contributed by atoms with E-state index in [0.717, 1.165) is 16.9 Å². The van der Waals surface area contributed by atoms with Crippen LogP contribution in [0.1, 0.15) is 11.1 Å². The van der Waals surface area contributed by atoms with Gasteiger partial charge in [0.15, 0.2) is 0 Å². The number of aromatic hydroxyl groups is 1. The van der Waals surface area contributed by atoms with Crippen LogP contribution in [0.25, 0.3) is 0 Å². The first-order valence-electron chi connectivity index (χ1n) is 5.19. The number of para-hydroxylation sites is 1. The highest BCUT2D eigenvalue weighted by molar-refractivity contribution is 5.41. The van der Waals surface area contributed by atoms with E-state index in [2.05, 4.69) is 0 Å². The molecular formula is C14H14O2. The van der Waals surface area contributed by atoms with E-state index in [0.29, 0.717) is 5.75 Å². The predicted octanol–water partition coefficient (Wildman–Crippen LogP) is 3.80. The molecule has 0 unspecified atom stereocenters. The molecule has 0 aliphatic heterocycles. The van der Waals surface area contributed by atoms with E-state index >= 15 is 0 Å². The molecule has 2 aromatic carbocycles. The van der Waals surface area contributed by atoms with Crippen LogP contribution in [-0.4, -0.2) is 5.11 Å². The Morgan fingerprint density at radius 3 is 2.44 bits per heavy atom. The number of rotatable bonds is 2. The van der Waals surface area contributed by atoms with Crippen molar-refractivity contribution in [1.29, 1.82) is 0 Å². The molecule has 82 valence electrons. The minimum absolute atomic E-state index is 0.226. The number of phenolic OH excluding ortho intramolecular Hbond substituents is 1. The maximum absolute atomic E-state index is 9.46. The fraction of sp³-hybridized carbons (Fsp3) is 0.143. The lowest BCUT2D eigenvalue weighted by Gasteiger charge is -2.09. The first-order chi connectivity index (χ1) is 7.65. The van der Waals surface area contributed by atoms with Crippen LogP contribution in [0, 0.1) is 13.8 Å². The van der Waals surface area contributed by atoms with Crippen LogP contribution in [0.3, 0.4) is 0 Å². The molecule has 0 saturated carbocycles. The van der Waals surface area contributed by atoms with Crippen LogP contribution in [0.15, 0.2) is 42.5 Å². The van der Waals surface area contributed by atoms with Gasteiger partial charge in [-0.3, -0.25) is 0 Å². The summed E-state index contributed by atoms with van der Waals surface area (Å²) >= 11 is 0. The van der Waals surface area contributed by atoms with Gasteiger partial charge in [-0.2, -0.15) is 0 Å². The standard InChI is InChI=1S/C14H14O2/c1-10-7-12(15)9-13(8-10)16-14-6-4-3-5-11(14)2/h3-9,15H,1-2H3. The second-order valence-electron chi connectivity index (χ2n) is 3.87. The maximum atomic E-state index is 9.46. The number of benzene rings is 2. The average Bonchev–Trinajstić information content (AvgIpc) is 2.20. The molecule has 16 heavy (non-hydrogen) atoms. The summed E-state index contributed by atoms with van der Waals surface area (Å²) in [6.45, 7) is 3.91. The van der Waals surface area contributed by atoms with E-state index < -0.39 is 0 Å². The quantitative estimate of drug-likeness (QED) is 0.823. The molecule has 0 aromatic heterocycles. The third-order valence-electron chi connectivity index (χ3n) is 2.36. The summed E-state index contributed by atoms with van der Waals surface area (Å²) in [6, 6.07) is 13.0. The molecule has 0 amide bonds. The van der Waals surface area contributed by atoms with Crippen molar-refractivity contribution in [3.05, 3.63) is 53.6 Å². The summed E-state index contributed by atoms with van der Waals surface area (Å²) < 4.78 is 5.71. The van der Waals surface area contributed by atoms with E-state index in [1.165, 1.54) is 0 Å². The van der Waals surface area contributed by atoms with Gasteiger partial charge < -0.3 is 9.84 Å². The Morgan fingerprint density at radius 2 is 1.75 bits per heavy atom. The average molecular weight is 214 g/mol. The van der Waals surface area contributed by atoms with Crippen molar-refractivity contribution in [2.75, 3.05) is 0 Å². The van der Waals surface area contributed by atoms with Gasteiger partial charge in [0.25, 0.3) is 0 Å². The second-order valence-corrected chi connectivity index (χ2v) is 3.87. The molecule has 0 atom stereocenters. The summed E-state index contributed by atoms with van der Waals surface area (Å²) in [6.07, 6.45) is 0. The Morgan fingerprint density at radius 1 is 1.00 bits per heavy atom. The van der Waals surface area contributed by atoms with E-state index in [-0.39, 0.29) is 5.75 Å². The van der Waals surface area contributed by atoms with Gasteiger partial charge in [-0.15, -0.1) is 0 Å². The smallest absolute Gasteiger partial charge is 0.131 e. The molecule has 0 saturated heterocycles. The zero-order valence-corrected chi connectivity index (χ0v) is 9.40. The highest BCUT2D eigenvalue weighted by Crippen LogP contribution is 2.28. The van der Waals surface area contributed by atoms with Gasteiger partial charge in [0.1, 0.15) is 17.2 Å². The monoisotopic (exact) mass is 214 g/mol. The van der Waals surface area contributed by atoms with E-state index in [1.807, 2.05) is 44.2 Å². The van der Waals surface area contributed by atoms with Crippen LogP contribution in [0.4, 0.5) is 0 Å². The minimum Gasteiger partial charge on any atom is -0.508 e. The molecule has 0 spiro atoms. The zero-order valence-electron chi connectivity index (χ0n) is 9.40. The lowest BCUT2D eigenvalue weighted by Crippen LogP contribution is -1.87. The summed E-state index contributed by atoms with van der Waals surface area (Å²) in [5.41, 5.74) is 2.05. The van der Waals surface area contributed by atoms with Crippen molar-refractivity contribution >= 4 is 0 Å². The van der Waals surface area contributed by atoms with Crippen molar-refractivity contribution in [2.24, 2.45) is 0 Å². The van der Waals surface area contributed by atoms with E-state index in [9.17, 15) is 5.11 Å². The third-order valence-corrected chi connectivity index (χ3v) is 2.36. The topological polar surface area (TPSA) is 29.5 Å². The Kier molecular flexibility index (Phi) is 2.82. The SMILES string of the molecule is Cc1cc(O)cc(Oc2ccccc2C)c1. The number of hydrogen-bond acceptors (Lipinski definition) is 2. The molecule has 2 rings (SSSR count). The van der Waals surface area contributed by atoms with Crippen molar-refractivity contribution in [1.82, 2.24) is 0 Å². The van der Waals surface area contributed by atoms with Gasteiger partial charge in [0.05, 0.1) is 0 Å². The first-order valence-corrected chi connectivity index (χ1v) is 5.19. The molecule has 2 nitrogen and oxygen atoms in total. The molecule has 0 heterocycles. The molecule has 0 aliphatic carbocycles. The van der Waals surface area contributed by atoms with Crippen LogP contribution in [0.2, 0.25) is 0 Å². The fourth-order valence-electron chi connectivity index (χ4n) is 1.59. The lowest BCUT2D eigenvalue weighted by atomic mass is 10.2. The number of ether oxygens (including phenoxy) is 1. The molecule has 0 radical (unpaired) electrons. The van der Waals surface area contributed by atoms with Crippen molar-refractivity contribution < 1.29 is 9.84 Å². The molecule has 0 bridgehead atoms. The zero-order chi connectivity index (χ0) is 11.5. The van der Waals surface area contributed by atoms with E-state index in [4.69, 9.17) is 4.74 Å². The molecular weight excluding hydrogens is 200 g/mol. The normalized spacial score (nSPS) is 10.1. The summed E-state index contributed by atoms with van der Waals surface area (Å²) in [5.74, 6) is 1.70. The van der Waals surface area contributed by atoms with Crippen molar-refractivity contribution in [3.63, 3.8) is 0 Å². The highest BCUT2D eigenvalue weighted by atomic mass is 16.5. The van der Waals surface area contributed by atoms with Gasteiger partial charge in [-0.1, -0.05) is 18.2 Å². The van der Waals surface area contributed by atoms with Gasteiger partial charge in [-0.05, 0) is 43.2 Å². The molecule has 0 aliphatic rings. The number of aryl methyl sites for hydroxylation is 2. The Bertz CT molecular complexity index is 484. The van der Waals surface area contributed by atoms with E-state index in [1.54, 1.807) is 12.1 Å². The Labute approximate surface area is 95.1 Å². The van der Waals surface area contributed by atoms with Crippen LogP contribution in [0.5, 0.6) is 17.2 Å². The lowest BCUT2D eigenvalue weighted by molar-refractivity contribution is 0.453. The fourth-order valence-corrected chi connectivity index (χ4v) is 1.59. The number of hydrogen-bond donors (Lipinski definition) is 1. The molecule has 0 fully saturated rings. The number of phenols is 1. The Hall–Kier alpha value is -1.96. The summed E-state index contributed by atoms with van der Waals surface area (Å²) in [7, 11) is 0. The van der Waals surface area contributed by atoms with Gasteiger partial charge >= 0.3 is 0 Å². The predicted molar refractivity (Wildman–Crippen MR) is 64.1 cm³/mol. The Balaban J connectivity index is 2.30. The van der Waals surface area contributed by atoms with Crippen LogP contribution in [-0.2, 0) is 0 Å².